The maximum Gasteiger partial charge on any atom is 0.262 e. The highest BCUT2D eigenvalue weighted by Gasteiger charge is 2.24. The van der Waals surface area contributed by atoms with E-state index in [1.54, 1.807) is 6.20 Å². The molecule has 0 aromatic carbocycles. The van der Waals surface area contributed by atoms with Gasteiger partial charge < -0.3 is 41.5 Å². The van der Waals surface area contributed by atoms with Gasteiger partial charge in [-0.05, 0) is 96.3 Å². The zero-order valence-electron chi connectivity index (χ0n) is 39.7. The average Bonchev–Trinajstić information content (AvgIpc) is 3.73. The molecule has 0 atom stereocenters. The molecule has 0 saturated heterocycles. The van der Waals surface area contributed by atoms with E-state index in [9.17, 15) is 9.59 Å². The van der Waals surface area contributed by atoms with Crippen LogP contribution in [0.2, 0.25) is 0 Å². The van der Waals surface area contributed by atoms with Gasteiger partial charge in [0.15, 0.2) is 0 Å². The van der Waals surface area contributed by atoms with Crippen molar-refractivity contribution >= 4 is 45.4 Å². The predicted molar refractivity (Wildman–Crippen MR) is 256 cm³/mol. The maximum atomic E-state index is 12.0. The van der Waals surface area contributed by atoms with Gasteiger partial charge in [-0.3, -0.25) is 14.6 Å². The summed E-state index contributed by atoms with van der Waals surface area (Å²) in [6, 6.07) is 3.21. The summed E-state index contributed by atoms with van der Waals surface area (Å²) in [5.41, 5.74) is 24.0. The number of amides is 1. The molecule has 2 aliphatic rings. The van der Waals surface area contributed by atoms with Gasteiger partial charge in [0, 0.05) is 77.4 Å². The monoisotopic (exact) mass is 839 g/mol. The molecule has 4 aromatic heterocycles. The van der Waals surface area contributed by atoms with E-state index in [2.05, 4.69) is 152 Å². The highest BCUT2D eigenvalue weighted by atomic mass is 16.2. The van der Waals surface area contributed by atoms with E-state index < -0.39 is 0 Å². The number of nitrogens with one attached hydrogen (secondary N) is 2. The third kappa shape index (κ3) is 11.7. The first-order valence-electron chi connectivity index (χ1n) is 21.5. The molecule has 0 radical (unpaired) electrons. The second kappa shape index (κ2) is 20.7. The molecular weight excluding hydrogens is 765 g/mol. The second-order valence-corrected chi connectivity index (χ2v) is 18.0. The van der Waals surface area contributed by atoms with Gasteiger partial charge in [-0.25, -0.2) is 9.98 Å². The van der Waals surface area contributed by atoms with Gasteiger partial charge in [0.2, 0.25) is 5.95 Å². The Morgan fingerprint density at radius 3 is 1.59 bits per heavy atom. The predicted octanol–water partition coefficient (Wildman–Crippen LogP) is 9.25. The molecule has 1 amide bonds. The number of fused-ring (bicyclic) bond motifs is 2. The van der Waals surface area contributed by atoms with E-state index >= 15 is 0 Å². The number of nitrogen functional groups attached to an aromatic ring is 2. The van der Waals surface area contributed by atoms with Crippen molar-refractivity contribution in [3.63, 3.8) is 0 Å². The molecule has 0 unspecified atom stereocenters. The molecule has 6 heterocycles. The van der Waals surface area contributed by atoms with E-state index in [1.165, 1.54) is 5.56 Å². The Kier molecular flexibility index (Phi) is 16.8. The number of nitrogens with two attached hydrogens (primary N) is 3. The molecule has 2 aliphatic heterocycles. The van der Waals surface area contributed by atoms with Gasteiger partial charge >= 0.3 is 0 Å². The summed E-state index contributed by atoms with van der Waals surface area (Å²) < 4.78 is 4.19. The summed E-state index contributed by atoms with van der Waals surface area (Å²) in [6.45, 7) is 41.2. The molecule has 0 spiro atoms. The number of hydrogen-bond donors (Lipinski definition) is 5. The summed E-state index contributed by atoms with van der Waals surface area (Å²) in [5, 5.41) is 4.54. The number of carbonyl (C=O) groups is 1. The van der Waals surface area contributed by atoms with Crippen LogP contribution in [-0.2, 0) is 4.79 Å². The molecule has 8 N–H and O–H groups in total. The first-order valence-corrected chi connectivity index (χ1v) is 21.5. The molecule has 0 aliphatic carbocycles. The van der Waals surface area contributed by atoms with Crippen molar-refractivity contribution in [1.82, 2.24) is 39.2 Å². The number of amidine groups is 1. The zero-order valence-corrected chi connectivity index (χ0v) is 39.7. The minimum Gasteiger partial charge on any atom is -0.398 e. The molecule has 0 bridgehead atoms. The number of H-pyrrole nitrogens is 1. The van der Waals surface area contributed by atoms with E-state index in [4.69, 9.17) is 17.2 Å². The fourth-order valence-corrected chi connectivity index (χ4v) is 6.97. The minimum absolute atomic E-state index is 0.0260. The Morgan fingerprint density at radius 1 is 0.623 bits per heavy atom. The topological polar surface area (TPSA) is 194 Å². The van der Waals surface area contributed by atoms with Gasteiger partial charge in [-0.2, -0.15) is 4.98 Å². The summed E-state index contributed by atoms with van der Waals surface area (Å²) in [7, 11) is 0. The lowest BCUT2D eigenvalue weighted by Gasteiger charge is -2.32. The summed E-state index contributed by atoms with van der Waals surface area (Å²) >= 11 is 0. The Labute approximate surface area is 363 Å². The highest BCUT2D eigenvalue weighted by molar-refractivity contribution is 5.98. The van der Waals surface area contributed by atoms with Crippen LogP contribution in [0.1, 0.15) is 146 Å². The lowest BCUT2D eigenvalue weighted by atomic mass is 10.0. The number of anilines is 2. The van der Waals surface area contributed by atoms with Gasteiger partial charge in [0.1, 0.15) is 28.8 Å². The number of aliphatic imine (C=N–C) groups is 1. The second-order valence-electron chi connectivity index (χ2n) is 18.0. The van der Waals surface area contributed by atoms with E-state index in [1.807, 2.05) is 46.7 Å². The highest BCUT2D eigenvalue weighted by Crippen LogP contribution is 2.32. The Balaban J connectivity index is 0.000000218. The van der Waals surface area contributed by atoms with Gasteiger partial charge in [-0.1, -0.05) is 68.5 Å². The molecule has 14 nitrogen and oxygen atoms in total. The number of aromatic amines is 1. The van der Waals surface area contributed by atoms with Crippen molar-refractivity contribution in [2.45, 2.75) is 147 Å². The average molecular weight is 839 g/mol. The number of nitrogens with zero attached hydrogens (tertiary/aromatic N) is 7. The number of rotatable bonds is 8. The first-order chi connectivity index (χ1) is 28.3. The van der Waals surface area contributed by atoms with Gasteiger partial charge in [-0.15, -0.1) is 0 Å². The smallest absolute Gasteiger partial charge is 0.262 e. The molecule has 0 fully saturated rings. The van der Waals surface area contributed by atoms with E-state index in [-0.39, 0.29) is 35.3 Å². The SMILES string of the molecule is C=C1N=C(N)C(C(C)C)=CN1C(C)C.C=C1NC(=O)C(C(C)C)=CN1C(C)C.CC(C)c1cn(C(C)C)c2nc(N)[nH]c(=O)c12.CC(C)c1cn(C(C)C)c2nccc(N)c12. The zero-order chi connectivity index (χ0) is 46.4. The molecule has 0 saturated carbocycles. The van der Waals surface area contributed by atoms with Crippen molar-refractivity contribution < 1.29 is 4.79 Å². The Bertz CT molecular complexity index is 2330. The molecule has 61 heavy (non-hydrogen) atoms. The fourth-order valence-electron chi connectivity index (χ4n) is 6.97. The molecule has 4 aromatic rings. The van der Waals surface area contributed by atoms with Crippen molar-refractivity contribution in [2.75, 3.05) is 11.5 Å². The van der Waals surface area contributed by atoms with Crippen LogP contribution in [0.3, 0.4) is 0 Å². The maximum absolute atomic E-state index is 12.0. The number of aromatic nitrogens is 5. The largest absolute Gasteiger partial charge is 0.398 e. The first kappa shape index (κ1) is 49.6. The third-order valence-corrected chi connectivity index (χ3v) is 10.4. The Morgan fingerprint density at radius 2 is 1.11 bits per heavy atom. The summed E-state index contributed by atoms with van der Waals surface area (Å²) in [4.78, 5) is 43.0. The van der Waals surface area contributed by atoms with Crippen molar-refractivity contribution in [1.29, 1.82) is 0 Å². The number of hydrogen-bond acceptors (Lipinski definition) is 10. The molecule has 14 heteroatoms. The molecule has 6 rings (SSSR count). The van der Waals surface area contributed by atoms with Crippen LogP contribution in [0.25, 0.3) is 22.1 Å². The van der Waals surface area contributed by atoms with Crippen LogP contribution in [0.5, 0.6) is 0 Å². The van der Waals surface area contributed by atoms with E-state index in [0.29, 0.717) is 52.7 Å². The third-order valence-electron chi connectivity index (χ3n) is 10.4. The lowest BCUT2D eigenvalue weighted by molar-refractivity contribution is -0.118. The van der Waals surface area contributed by atoms with Crippen LogP contribution in [0.15, 0.2) is 82.8 Å². The Hall–Kier alpha value is -5.79. The fraction of sp³-hybridized carbons (Fsp3) is 0.511. The van der Waals surface area contributed by atoms with Crippen molar-refractivity contribution in [3.8, 4) is 0 Å². The van der Waals surface area contributed by atoms with Crippen LogP contribution in [0, 0.1) is 11.8 Å². The molecule has 334 valence electrons. The van der Waals surface area contributed by atoms with Crippen LogP contribution < -0.4 is 28.1 Å². The normalized spacial score (nSPS) is 14.5. The van der Waals surface area contributed by atoms with Gasteiger partial charge in [0.05, 0.1) is 5.39 Å². The quantitative estimate of drug-likeness (QED) is 0.115. The molecular formula is C47H74N12O2. The van der Waals surface area contributed by atoms with Crippen LogP contribution >= 0.6 is 0 Å². The number of carbonyl (C=O) groups excluding carboxylic acids is 1. The van der Waals surface area contributed by atoms with E-state index in [0.717, 1.165) is 39.3 Å². The van der Waals surface area contributed by atoms with Crippen LogP contribution in [0.4, 0.5) is 11.6 Å². The summed E-state index contributed by atoms with van der Waals surface area (Å²) in [6.07, 6.45) is 9.92. The number of pyridine rings is 1. The van der Waals surface area contributed by atoms with Crippen LogP contribution in [-0.4, -0.2) is 57.7 Å². The van der Waals surface area contributed by atoms with Gasteiger partial charge in [0.25, 0.3) is 11.5 Å². The lowest BCUT2D eigenvalue weighted by Crippen LogP contribution is -2.41. The van der Waals surface area contributed by atoms with Crippen molar-refractivity contribution in [2.24, 2.45) is 22.6 Å². The minimum atomic E-state index is -0.157. The summed E-state index contributed by atoms with van der Waals surface area (Å²) in [5.74, 6) is 3.51. The standard InChI is InChI=1S/C13H19N3.C12H18N4O.C11H19N3.C11H18N2O/c1-8(2)10-7-16(9(3)4)13-12(10)11(14)5-6-15-13;1-6(2)8-5-16(7(3)4)10-9(8)11(17)15-12(13)14-10;1-7(2)10-6-14(8(3)4)9(5)13-11(10)12;1-7(2)10-6-13(8(3)4)9(5)12-11(10)14/h5-9H,1-4H3,(H2,14,15);5-7H,1-4H3,(H3,13,14,15,17);6-8H,5H2,1-4H3,(H2,12,13);6-8H,5H2,1-4H3,(H,12,14). The van der Waals surface area contributed by atoms with Crippen molar-refractivity contribution in [3.05, 3.63) is 94.5 Å².